The molecule has 1 amide bonds. The molecule has 2 rings (SSSR count). The number of hydrogen-bond donors (Lipinski definition) is 1. The maximum Gasteiger partial charge on any atom is 0.263 e. The van der Waals surface area contributed by atoms with Gasteiger partial charge in [0.25, 0.3) is 5.91 Å². The first-order chi connectivity index (χ1) is 11.9. The molecule has 2 aromatic rings. The number of hydrogen-bond acceptors (Lipinski definition) is 4. The number of ketones is 1. The molecule has 4 nitrogen and oxygen atoms in total. The van der Waals surface area contributed by atoms with Gasteiger partial charge in [-0.3, -0.25) is 9.59 Å². The van der Waals surface area contributed by atoms with Gasteiger partial charge in [0, 0.05) is 10.6 Å². The average molecular weight is 379 g/mol. The third-order valence-electron chi connectivity index (χ3n) is 3.91. The van der Waals surface area contributed by atoms with Crippen LogP contribution in [0.2, 0.25) is 5.02 Å². The highest BCUT2D eigenvalue weighted by molar-refractivity contribution is 7.16. The molecular formula is C19H23ClN2O2S. The fourth-order valence-electron chi connectivity index (χ4n) is 2.58. The Labute approximate surface area is 157 Å². The lowest BCUT2D eigenvalue weighted by molar-refractivity contribution is -0.119. The van der Waals surface area contributed by atoms with Crippen molar-refractivity contribution in [2.45, 2.75) is 52.5 Å². The fourth-order valence-corrected chi connectivity index (χ4v) is 3.67. The number of aryl methyl sites for hydroxylation is 1. The van der Waals surface area contributed by atoms with Crippen molar-refractivity contribution in [1.29, 1.82) is 0 Å². The molecule has 1 unspecified atom stereocenters. The van der Waals surface area contributed by atoms with Gasteiger partial charge in [-0.05, 0) is 44.0 Å². The van der Waals surface area contributed by atoms with Gasteiger partial charge in [0.1, 0.15) is 9.88 Å². The Morgan fingerprint density at radius 3 is 2.68 bits per heavy atom. The molecule has 0 spiro atoms. The molecule has 0 saturated carbocycles. The molecular weight excluding hydrogens is 356 g/mol. The third-order valence-corrected chi connectivity index (χ3v) is 5.17. The number of aromatic nitrogens is 1. The second-order valence-corrected chi connectivity index (χ2v) is 7.65. The summed E-state index contributed by atoms with van der Waals surface area (Å²) in [6.07, 6.45) is 5.29. The summed E-state index contributed by atoms with van der Waals surface area (Å²) in [6.45, 7) is 5.59. The Bertz CT molecular complexity index is 737. The van der Waals surface area contributed by atoms with E-state index in [0.717, 1.165) is 35.4 Å². The SMILES string of the molecule is CCCCCC(NC(=O)c1cnc(-c2cc(C)cc(Cl)c2)s1)C(C)=O. The van der Waals surface area contributed by atoms with E-state index in [9.17, 15) is 9.59 Å². The molecule has 1 heterocycles. The first-order valence-electron chi connectivity index (χ1n) is 8.45. The van der Waals surface area contributed by atoms with Crippen molar-refractivity contribution >= 4 is 34.6 Å². The molecule has 1 aromatic carbocycles. The van der Waals surface area contributed by atoms with E-state index in [-0.39, 0.29) is 11.7 Å². The van der Waals surface area contributed by atoms with Gasteiger partial charge in [0.15, 0.2) is 5.78 Å². The Morgan fingerprint density at radius 2 is 2.04 bits per heavy atom. The molecule has 25 heavy (non-hydrogen) atoms. The average Bonchev–Trinajstić information content (AvgIpc) is 3.03. The molecule has 0 aliphatic rings. The molecule has 0 saturated heterocycles. The number of benzene rings is 1. The normalized spacial score (nSPS) is 12.0. The van der Waals surface area contributed by atoms with Gasteiger partial charge in [0.2, 0.25) is 0 Å². The summed E-state index contributed by atoms with van der Waals surface area (Å²) in [5.74, 6) is -0.265. The number of nitrogens with zero attached hydrogens (tertiary/aromatic N) is 1. The monoisotopic (exact) mass is 378 g/mol. The summed E-state index contributed by atoms with van der Waals surface area (Å²) in [6, 6.07) is 5.26. The zero-order valence-electron chi connectivity index (χ0n) is 14.8. The minimum atomic E-state index is -0.432. The van der Waals surface area contributed by atoms with E-state index in [0.29, 0.717) is 16.3 Å². The number of amides is 1. The summed E-state index contributed by atoms with van der Waals surface area (Å²) >= 11 is 7.39. The predicted molar refractivity (Wildman–Crippen MR) is 103 cm³/mol. The van der Waals surface area contributed by atoms with Gasteiger partial charge in [-0.25, -0.2) is 4.98 Å². The van der Waals surface area contributed by atoms with Crippen molar-refractivity contribution in [2.24, 2.45) is 0 Å². The quantitative estimate of drug-likeness (QED) is 0.654. The van der Waals surface area contributed by atoms with E-state index in [4.69, 9.17) is 11.6 Å². The summed E-state index contributed by atoms with van der Waals surface area (Å²) in [5, 5.41) is 4.21. The van der Waals surface area contributed by atoms with E-state index in [1.807, 2.05) is 25.1 Å². The van der Waals surface area contributed by atoms with Crippen LogP contribution in [0.4, 0.5) is 0 Å². The van der Waals surface area contributed by atoms with Crippen LogP contribution >= 0.6 is 22.9 Å². The lowest BCUT2D eigenvalue weighted by atomic mass is 10.1. The predicted octanol–water partition coefficient (Wildman–Crippen LogP) is 5.04. The Kier molecular flexibility index (Phi) is 7.14. The van der Waals surface area contributed by atoms with Crippen LogP contribution in [0.15, 0.2) is 24.4 Å². The summed E-state index contributed by atoms with van der Waals surface area (Å²) < 4.78 is 0. The van der Waals surface area contributed by atoms with Crippen LogP contribution in [0.1, 0.15) is 54.8 Å². The minimum Gasteiger partial charge on any atom is -0.341 e. The zero-order valence-corrected chi connectivity index (χ0v) is 16.3. The van der Waals surface area contributed by atoms with E-state index in [2.05, 4.69) is 17.2 Å². The van der Waals surface area contributed by atoms with Gasteiger partial charge < -0.3 is 5.32 Å². The van der Waals surface area contributed by atoms with Crippen LogP contribution in [0.3, 0.4) is 0 Å². The van der Waals surface area contributed by atoms with Crippen LogP contribution in [-0.4, -0.2) is 22.7 Å². The highest BCUT2D eigenvalue weighted by Crippen LogP contribution is 2.28. The molecule has 0 fully saturated rings. The van der Waals surface area contributed by atoms with E-state index in [1.165, 1.54) is 18.3 Å². The smallest absolute Gasteiger partial charge is 0.263 e. The molecule has 134 valence electrons. The fraction of sp³-hybridized carbons (Fsp3) is 0.421. The van der Waals surface area contributed by atoms with Crippen molar-refractivity contribution in [3.8, 4) is 10.6 Å². The standard InChI is InChI=1S/C19H23ClN2O2S/c1-4-5-6-7-16(13(3)23)22-18(24)17-11-21-19(25-17)14-8-12(2)9-15(20)10-14/h8-11,16H,4-7H2,1-3H3,(H,22,24). The second kappa shape index (κ2) is 9.11. The number of Topliss-reactive ketones (excluding diaryl/α,β-unsaturated/α-hetero) is 1. The van der Waals surface area contributed by atoms with Crippen molar-refractivity contribution in [1.82, 2.24) is 10.3 Å². The molecule has 6 heteroatoms. The lowest BCUT2D eigenvalue weighted by Gasteiger charge is -2.14. The van der Waals surface area contributed by atoms with Crippen LogP contribution in [0, 0.1) is 6.92 Å². The Morgan fingerprint density at radius 1 is 1.28 bits per heavy atom. The lowest BCUT2D eigenvalue weighted by Crippen LogP contribution is -2.39. The maximum absolute atomic E-state index is 12.5. The Hall–Kier alpha value is -1.72. The summed E-state index contributed by atoms with van der Waals surface area (Å²) in [7, 11) is 0. The first kappa shape index (κ1) is 19.6. The van der Waals surface area contributed by atoms with Gasteiger partial charge >= 0.3 is 0 Å². The van der Waals surface area contributed by atoms with Crippen molar-refractivity contribution in [2.75, 3.05) is 0 Å². The first-order valence-corrected chi connectivity index (χ1v) is 9.65. The molecule has 1 aromatic heterocycles. The molecule has 0 aliphatic carbocycles. The van der Waals surface area contributed by atoms with E-state index < -0.39 is 6.04 Å². The van der Waals surface area contributed by atoms with Crippen LogP contribution < -0.4 is 5.32 Å². The maximum atomic E-state index is 12.5. The topological polar surface area (TPSA) is 59.1 Å². The number of thiazole rings is 1. The van der Waals surface area contributed by atoms with Crippen LogP contribution in [0.5, 0.6) is 0 Å². The van der Waals surface area contributed by atoms with Crippen LogP contribution in [0.25, 0.3) is 10.6 Å². The van der Waals surface area contributed by atoms with Crippen molar-refractivity contribution in [3.05, 3.63) is 39.9 Å². The molecule has 1 N–H and O–H groups in total. The number of unbranched alkanes of at least 4 members (excludes halogenated alkanes) is 2. The number of rotatable bonds is 8. The zero-order chi connectivity index (χ0) is 18.4. The molecule has 0 aliphatic heterocycles. The second-order valence-electron chi connectivity index (χ2n) is 6.18. The molecule has 1 atom stereocenters. The molecule has 0 bridgehead atoms. The number of nitrogens with one attached hydrogen (secondary N) is 1. The van der Waals surface area contributed by atoms with Gasteiger partial charge in [-0.1, -0.05) is 37.8 Å². The van der Waals surface area contributed by atoms with E-state index in [1.54, 1.807) is 6.20 Å². The van der Waals surface area contributed by atoms with Gasteiger partial charge in [-0.2, -0.15) is 0 Å². The third kappa shape index (κ3) is 5.65. The largest absolute Gasteiger partial charge is 0.341 e. The number of halogens is 1. The van der Waals surface area contributed by atoms with Gasteiger partial charge in [-0.15, -0.1) is 11.3 Å². The summed E-state index contributed by atoms with van der Waals surface area (Å²) in [5.41, 5.74) is 1.93. The summed E-state index contributed by atoms with van der Waals surface area (Å²) in [4.78, 5) is 29.0. The van der Waals surface area contributed by atoms with Crippen molar-refractivity contribution < 1.29 is 9.59 Å². The molecule has 0 radical (unpaired) electrons. The van der Waals surface area contributed by atoms with Crippen LogP contribution in [-0.2, 0) is 4.79 Å². The highest BCUT2D eigenvalue weighted by atomic mass is 35.5. The Balaban J connectivity index is 2.09. The van der Waals surface area contributed by atoms with Gasteiger partial charge in [0.05, 0.1) is 12.2 Å². The minimum absolute atomic E-state index is 0.0142. The highest BCUT2D eigenvalue weighted by Gasteiger charge is 2.19. The van der Waals surface area contributed by atoms with E-state index >= 15 is 0 Å². The number of carbonyl (C=O) groups is 2. The van der Waals surface area contributed by atoms with Crippen molar-refractivity contribution in [3.63, 3.8) is 0 Å². The number of carbonyl (C=O) groups excluding carboxylic acids is 2.